The summed E-state index contributed by atoms with van der Waals surface area (Å²) in [6.45, 7) is 0.804. The second kappa shape index (κ2) is 6.85. The lowest BCUT2D eigenvalue weighted by molar-refractivity contribution is 0.0947. The lowest BCUT2D eigenvalue weighted by atomic mass is 10.1. The first-order valence-electron chi connectivity index (χ1n) is 6.53. The van der Waals surface area contributed by atoms with Crippen molar-refractivity contribution in [3.8, 4) is 5.75 Å². The maximum Gasteiger partial charge on any atom is 0.254 e. The predicted molar refractivity (Wildman–Crippen MR) is 78.5 cm³/mol. The molecule has 0 saturated heterocycles. The number of nitrogens with two attached hydrogens (primary N) is 1. The van der Waals surface area contributed by atoms with E-state index in [0.717, 1.165) is 11.1 Å². The molecule has 0 saturated carbocycles. The van der Waals surface area contributed by atoms with Gasteiger partial charge in [-0.2, -0.15) is 0 Å². The maximum atomic E-state index is 13.8. The van der Waals surface area contributed by atoms with E-state index in [1.165, 1.54) is 19.2 Å². The van der Waals surface area contributed by atoms with Crippen LogP contribution in [0.1, 0.15) is 21.5 Å². The Balaban J connectivity index is 2.00. The maximum absolute atomic E-state index is 13.8. The predicted octanol–water partition coefficient (Wildman–Crippen LogP) is 2.22. The average molecular weight is 288 g/mol. The Labute approximate surface area is 122 Å². The van der Waals surface area contributed by atoms with Gasteiger partial charge in [-0.25, -0.2) is 4.39 Å². The van der Waals surface area contributed by atoms with Gasteiger partial charge in [0, 0.05) is 19.2 Å². The van der Waals surface area contributed by atoms with Gasteiger partial charge < -0.3 is 15.8 Å². The van der Waals surface area contributed by atoms with Crippen molar-refractivity contribution in [3.63, 3.8) is 0 Å². The van der Waals surface area contributed by atoms with Crippen molar-refractivity contribution in [1.29, 1.82) is 0 Å². The molecular weight excluding hydrogens is 271 g/mol. The minimum absolute atomic E-state index is 0.00521. The summed E-state index contributed by atoms with van der Waals surface area (Å²) in [5.74, 6) is -0.690. The molecule has 21 heavy (non-hydrogen) atoms. The van der Waals surface area contributed by atoms with Crippen molar-refractivity contribution in [3.05, 3.63) is 65.0 Å². The van der Waals surface area contributed by atoms with Crippen LogP contribution in [0.3, 0.4) is 0 Å². The molecule has 4 nitrogen and oxygen atoms in total. The summed E-state index contributed by atoms with van der Waals surface area (Å²) in [5, 5.41) is 2.68. The van der Waals surface area contributed by atoms with E-state index < -0.39 is 11.7 Å². The van der Waals surface area contributed by atoms with Gasteiger partial charge >= 0.3 is 0 Å². The summed E-state index contributed by atoms with van der Waals surface area (Å²) in [5.41, 5.74) is 7.46. The van der Waals surface area contributed by atoms with Crippen molar-refractivity contribution in [1.82, 2.24) is 5.32 Å². The van der Waals surface area contributed by atoms with Gasteiger partial charge in [-0.3, -0.25) is 4.79 Å². The van der Waals surface area contributed by atoms with Crippen LogP contribution in [0.15, 0.2) is 42.5 Å². The molecule has 5 heteroatoms. The third-order valence-corrected chi connectivity index (χ3v) is 3.13. The van der Waals surface area contributed by atoms with Crippen LogP contribution < -0.4 is 15.8 Å². The van der Waals surface area contributed by atoms with Gasteiger partial charge in [0.15, 0.2) is 0 Å². The number of nitrogens with one attached hydrogen (secondary N) is 1. The van der Waals surface area contributed by atoms with Crippen molar-refractivity contribution in [2.45, 2.75) is 13.1 Å². The highest BCUT2D eigenvalue weighted by Crippen LogP contribution is 2.16. The second-order valence-electron chi connectivity index (χ2n) is 4.55. The molecule has 0 aliphatic carbocycles. The minimum Gasteiger partial charge on any atom is -0.497 e. The van der Waals surface area contributed by atoms with Crippen LogP contribution >= 0.6 is 0 Å². The topological polar surface area (TPSA) is 64.3 Å². The summed E-state index contributed by atoms with van der Waals surface area (Å²) >= 11 is 0. The summed E-state index contributed by atoms with van der Waals surface area (Å²) in [7, 11) is 1.44. The lowest BCUT2D eigenvalue weighted by Crippen LogP contribution is -2.23. The average Bonchev–Trinajstić information content (AvgIpc) is 2.52. The molecule has 0 aromatic heterocycles. The summed E-state index contributed by atoms with van der Waals surface area (Å²) in [4.78, 5) is 11.9. The van der Waals surface area contributed by atoms with Gasteiger partial charge in [-0.15, -0.1) is 0 Å². The van der Waals surface area contributed by atoms with Gasteiger partial charge in [0.1, 0.15) is 11.6 Å². The zero-order valence-electron chi connectivity index (χ0n) is 11.7. The molecule has 2 aromatic rings. The normalized spacial score (nSPS) is 10.2. The third kappa shape index (κ3) is 3.79. The van der Waals surface area contributed by atoms with Crippen LogP contribution in [-0.2, 0) is 13.1 Å². The zero-order chi connectivity index (χ0) is 15.2. The number of hydrogen-bond acceptors (Lipinski definition) is 3. The molecule has 0 aliphatic heterocycles. The Kier molecular flexibility index (Phi) is 4.90. The summed E-state index contributed by atoms with van der Waals surface area (Å²) in [6, 6.07) is 11.7. The number of benzene rings is 2. The van der Waals surface area contributed by atoms with E-state index in [4.69, 9.17) is 10.5 Å². The monoisotopic (exact) mass is 288 g/mol. The van der Waals surface area contributed by atoms with E-state index in [2.05, 4.69) is 5.32 Å². The number of halogens is 1. The molecule has 0 aliphatic rings. The first kappa shape index (κ1) is 15.0. The standard InChI is InChI=1S/C16H17FN2O2/c1-21-13-6-7-14(15(17)8-13)16(20)19-10-12-4-2-11(9-18)3-5-12/h2-8H,9-10,18H2,1H3,(H,19,20). The van der Waals surface area contributed by atoms with Crippen molar-refractivity contribution in [2.75, 3.05) is 7.11 Å². The van der Waals surface area contributed by atoms with Crippen LogP contribution in [0, 0.1) is 5.82 Å². The molecule has 0 heterocycles. The fourth-order valence-corrected chi connectivity index (χ4v) is 1.88. The SMILES string of the molecule is COc1ccc(C(=O)NCc2ccc(CN)cc2)c(F)c1. The largest absolute Gasteiger partial charge is 0.497 e. The fourth-order valence-electron chi connectivity index (χ4n) is 1.88. The Morgan fingerprint density at radius 3 is 2.43 bits per heavy atom. The highest BCUT2D eigenvalue weighted by atomic mass is 19.1. The fraction of sp³-hybridized carbons (Fsp3) is 0.188. The molecule has 0 radical (unpaired) electrons. The molecule has 0 unspecified atom stereocenters. The van der Waals surface area contributed by atoms with Crippen LogP contribution in [0.5, 0.6) is 5.75 Å². The molecule has 0 bridgehead atoms. The third-order valence-electron chi connectivity index (χ3n) is 3.13. The Bertz CT molecular complexity index is 627. The number of amides is 1. The highest BCUT2D eigenvalue weighted by molar-refractivity contribution is 5.94. The Morgan fingerprint density at radius 1 is 1.19 bits per heavy atom. The second-order valence-corrected chi connectivity index (χ2v) is 4.55. The minimum atomic E-state index is -0.606. The van der Waals surface area contributed by atoms with Crippen LogP contribution in [0.4, 0.5) is 4.39 Å². The zero-order valence-corrected chi connectivity index (χ0v) is 11.7. The van der Waals surface area contributed by atoms with Gasteiger partial charge in [0.2, 0.25) is 0 Å². The lowest BCUT2D eigenvalue weighted by Gasteiger charge is -2.08. The Hall–Kier alpha value is -2.40. The van der Waals surface area contributed by atoms with Crippen molar-refractivity contribution < 1.29 is 13.9 Å². The number of carbonyl (C=O) groups excluding carboxylic acids is 1. The number of ether oxygens (including phenoxy) is 1. The Morgan fingerprint density at radius 2 is 1.86 bits per heavy atom. The quantitative estimate of drug-likeness (QED) is 0.886. The van der Waals surface area contributed by atoms with Gasteiger partial charge in [0.05, 0.1) is 12.7 Å². The molecule has 2 aromatic carbocycles. The number of hydrogen-bond donors (Lipinski definition) is 2. The van der Waals surface area contributed by atoms with Gasteiger partial charge in [0.25, 0.3) is 5.91 Å². The van der Waals surface area contributed by atoms with E-state index in [1.54, 1.807) is 6.07 Å². The summed E-state index contributed by atoms with van der Waals surface area (Å²) < 4.78 is 18.7. The van der Waals surface area contributed by atoms with E-state index in [0.29, 0.717) is 18.8 Å². The number of methoxy groups -OCH3 is 1. The van der Waals surface area contributed by atoms with Gasteiger partial charge in [-0.1, -0.05) is 24.3 Å². The van der Waals surface area contributed by atoms with Gasteiger partial charge in [-0.05, 0) is 23.3 Å². The van der Waals surface area contributed by atoms with E-state index in [9.17, 15) is 9.18 Å². The van der Waals surface area contributed by atoms with E-state index in [1.807, 2.05) is 24.3 Å². The molecule has 0 spiro atoms. The van der Waals surface area contributed by atoms with E-state index in [-0.39, 0.29) is 5.56 Å². The molecule has 1 amide bonds. The first-order valence-corrected chi connectivity index (χ1v) is 6.53. The van der Waals surface area contributed by atoms with Crippen LogP contribution in [-0.4, -0.2) is 13.0 Å². The molecule has 110 valence electrons. The molecule has 0 fully saturated rings. The molecular formula is C16H17FN2O2. The van der Waals surface area contributed by atoms with Crippen molar-refractivity contribution >= 4 is 5.91 Å². The molecule has 3 N–H and O–H groups in total. The molecule has 2 rings (SSSR count). The summed E-state index contributed by atoms with van der Waals surface area (Å²) in [6.07, 6.45) is 0. The smallest absolute Gasteiger partial charge is 0.254 e. The van der Waals surface area contributed by atoms with E-state index >= 15 is 0 Å². The molecule has 0 atom stereocenters. The first-order chi connectivity index (χ1) is 10.1. The van der Waals surface area contributed by atoms with Crippen LogP contribution in [0.25, 0.3) is 0 Å². The van der Waals surface area contributed by atoms with Crippen molar-refractivity contribution in [2.24, 2.45) is 5.73 Å². The number of carbonyl (C=O) groups is 1. The van der Waals surface area contributed by atoms with Crippen LogP contribution in [0.2, 0.25) is 0 Å². The highest BCUT2D eigenvalue weighted by Gasteiger charge is 2.12. The number of rotatable bonds is 5.